The third-order valence-electron chi connectivity index (χ3n) is 4.20. The maximum atomic E-state index is 12.6. The highest BCUT2D eigenvalue weighted by Crippen LogP contribution is 2.26. The molecule has 5 nitrogen and oxygen atoms in total. The Morgan fingerprint density at radius 2 is 1.96 bits per heavy atom. The summed E-state index contributed by atoms with van der Waals surface area (Å²) < 4.78 is 5.31. The van der Waals surface area contributed by atoms with Crippen molar-refractivity contribution in [1.29, 1.82) is 0 Å². The Morgan fingerprint density at radius 3 is 2.67 bits per heavy atom. The Morgan fingerprint density at radius 1 is 1.21 bits per heavy atom. The highest BCUT2D eigenvalue weighted by atomic mass is 16.5. The zero-order valence-electron chi connectivity index (χ0n) is 14.2. The average Bonchev–Trinajstić information content (AvgIpc) is 2.63. The number of pyridine rings is 1. The highest BCUT2D eigenvalue weighted by molar-refractivity contribution is 5.93. The minimum absolute atomic E-state index is 0.0274. The molecule has 0 radical (unpaired) electrons. The first-order valence-electron chi connectivity index (χ1n) is 8.36. The molecule has 3 rings (SSSR count). The second-order valence-corrected chi connectivity index (χ2v) is 5.89. The number of carbonyl (C=O) groups excluding carboxylic acids is 1. The van der Waals surface area contributed by atoms with Crippen LogP contribution < -0.4 is 4.90 Å². The molecule has 0 aliphatic carbocycles. The van der Waals surface area contributed by atoms with Crippen LogP contribution >= 0.6 is 0 Å². The van der Waals surface area contributed by atoms with E-state index >= 15 is 0 Å². The summed E-state index contributed by atoms with van der Waals surface area (Å²) in [6.45, 7) is 7.44. The number of anilines is 2. The van der Waals surface area contributed by atoms with Gasteiger partial charge in [0, 0.05) is 37.2 Å². The van der Waals surface area contributed by atoms with E-state index in [-0.39, 0.29) is 5.91 Å². The van der Waals surface area contributed by atoms with Gasteiger partial charge >= 0.3 is 0 Å². The molecule has 126 valence electrons. The predicted octanol–water partition coefficient (Wildman–Crippen LogP) is 3.02. The molecule has 1 aliphatic heterocycles. The van der Waals surface area contributed by atoms with Gasteiger partial charge in [0.1, 0.15) is 5.69 Å². The number of aromatic nitrogens is 1. The lowest BCUT2D eigenvalue weighted by molar-refractivity contribution is 0.0299. The minimum Gasteiger partial charge on any atom is -0.378 e. The Balaban J connectivity index is 1.87. The van der Waals surface area contributed by atoms with E-state index in [0.29, 0.717) is 32.0 Å². The number of morpholine rings is 1. The molecule has 2 heterocycles. The normalized spacial score (nSPS) is 14.5. The van der Waals surface area contributed by atoms with Crippen LogP contribution in [0.3, 0.4) is 0 Å². The quantitative estimate of drug-likeness (QED) is 0.867. The summed E-state index contributed by atoms with van der Waals surface area (Å²) in [5.74, 6) is -0.0274. The number of hydrogen-bond acceptors (Lipinski definition) is 4. The molecule has 1 fully saturated rings. The van der Waals surface area contributed by atoms with Crippen LogP contribution in [-0.2, 0) is 4.74 Å². The summed E-state index contributed by atoms with van der Waals surface area (Å²) in [6.07, 6.45) is 1.71. The van der Waals surface area contributed by atoms with Gasteiger partial charge in [-0.2, -0.15) is 0 Å². The maximum absolute atomic E-state index is 12.6. The fraction of sp³-hybridized carbons (Fsp3) is 0.368. The van der Waals surface area contributed by atoms with Crippen molar-refractivity contribution in [2.45, 2.75) is 13.8 Å². The molecule has 1 saturated heterocycles. The summed E-state index contributed by atoms with van der Waals surface area (Å²) in [5, 5.41) is 0. The van der Waals surface area contributed by atoms with Crippen LogP contribution in [0.25, 0.3) is 0 Å². The lowest BCUT2D eigenvalue weighted by Gasteiger charge is -2.27. The second kappa shape index (κ2) is 7.45. The van der Waals surface area contributed by atoms with Crippen LogP contribution in [0.4, 0.5) is 11.4 Å². The van der Waals surface area contributed by atoms with Gasteiger partial charge in [-0.05, 0) is 43.7 Å². The Kier molecular flexibility index (Phi) is 5.11. The smallest absolute Gasteiger partial charge is 0.272 e. The number of amides is 1. The van der Waals surface area contributed by atoms with Gasteiger partial charge in [0.25, 0.3) is 5.91 Å². The van der Waals surface area contributed by atoms with E-state index in [1.807, 2.05) is 18.2 Å². The van der Waals surface area contributed by atoms with Gasteiger partial charge in [0.05, 0.1) is 13.2 Å². The fourth-order valence-electron chi connectivity index (χ4n) is 2.94. The standard InChI is InChI=1S/C19H23N3O2/c1-3-22(16-6-4-5-15(2)13-16)17-7-8-20-18(14-17)19(23)21-9-11-24-12-10-21/h4-8,13-14H,3,9-12H2,1-2H3. The first kappa shape index (κ1) is 16.5. The van der Waals surface area contributed by atoms with E-state index in [9.17, 15) is 4.79 Å². The number of nitrogens with zero attached hydrogens (tertiary/aromatic N) is 3. The summed E-state index contributed by atoms with van der Waals surface area (Å²) in [4.78, 5) is 20.9. The molecular formula is C19H23N3O2. The SMILES string of the molecule is CCN(c1cccc(C)c1)c1ccnc(C(=O)N2CCOCC2)c1. The number of aryl methyl sites for hydroxylation is 1. The molecule has 1 aromatic heterocycles. The van der Waals surface area contributed by atoms with E-state index in [1.165, 1.54) is 5.56 Å². The number of benzene rings is 1. The lowest BCUT2D eigenvalue weighted by Crippen LogP contribution is -2.41. The van der Waals surface area contributed by atoms with Crippen LogP contribution in [-0.4, -0.2) is 48.6 Å². The van der Waals surface area contributed by atoms with E-state index < -0.39 is 0 Å². The van der Waals surface area contributed by atoms with Gasteiger partial charge in [-0.15, -0.1) is 0 Å². The van der Waals surface area contributed by atoms with Crippen LogP contribution in [0.2, 0.25) is 0 Å². The highest BCUT2D eigenvalue weighted by Gasteiger charge is 2.20. The van der Waals surface area contributed by atoms with Gasteiger partial charge in [-0.3, -0.25) is 9.78 Å². The van der Waals surface area contributed by atoms with Crippen molar-refractivity contribution in [3.63, 3.8) is 0 Å². The number of hydrogen-bond donors (Lipinski definition) is 0. The van der Waals surface area contributed by atoms with Crippen molar-refractivity contribution in [2.75, 3.05) is 37.7 Å². The van der Waals surface area contributed by atoms with E-state index in [1.54, 1.807) is 11.1 Å². The zero-order valence-corrected chi connectivity index (χ0v) is 14.2. The Labute approximate surface area is 142 Å². The Hall–Kier alpha value is -2.40. The molecule has 0 spiro atoms. The van der Waals surface area contributed by atoms with Gasteiger partial charge in [-0.1, -0.05) is 12.1 Å². The monoisotopic (exact) mass is 325 g/mol. The van der Waals surface area contributed by atoms with Crippen LogP contribution in [0, 0.1) is 6.92 Å². The third-order valence-corrected chi connectivity index (χ3v) is 4.20. The van der Waals surface area contributed by atoms with Crippen molar-refractivity contribution in [3.8, 4) is 0 Å². The molecule has 1 aromatic carbocycles. The van der Waals surface area contributed by atoms with Gasteiger partial charge in [0.2, 0.25) is 0 Å². The van der Waals surface area contributed by atoms with E-state index in [4.69, 9.17) is 4.74 Å². The molecule has 0 N–H and O–H groups in total. The minimum atomic E-state index is -0.0274. The first-order valence-corrected chi connectivity index (χ1v) is 8.36. The topological polar surface area (TPSA) is 45.7 Å². The summed E-state index contributed by atoms with van der Waals surface area (Å²) in [7, 11) is 0. The molecule has 0 saturated carbocycles. The van der Waals surface area contributed by atoms with Crippen molar-refractivity contribution in [1.82, 2.24) is 9.88 Å². The summed E-state index contributed by atoms with van der Waals surface area (Å²) >= 11 is 0. The van der Waals surface area contributed by atoms with Crippen molar-refractivity contribution in [2.24, 2.45) is 0 Å². The molecule has 0 unspecified atom stereocenters. The molecule has 2 aromatic rings. The number of rotatable bonds is 4. The second-order valence-electron chi connectivity index (χ2n) is 5.89. The van der Waals surface area contributed by atoms with Crippen LogP contribution in [0.1, 0.15) is 23.0 Å². The molecule has 5 heteroatoms. The summed E-state index contributed by atoms with van der Waals surface area (Å²) in [6, 6.07) is 12.2. The van der Waals surface area contributed by atoms with Gasteiger partial charge in [0.15, 0.2) is 0 Å². The van der Waals surface area contributed by atoms with Crippen molar-refractivity contribution >= 4 is 17.3 Å². The van der Waals surface area contributed by atoms with E-state index in [2.05, 4.69) is 41.9 Å². The van der Waals surface area contributed by atoms with Crippen molar-refractivity contribution in [3.05, 3.63) is 53.9 Å². The number of carbonyl (C=O) groups is 1. The van der Waals surface area contributed by atoms with Crippen molar-refractivity contribution < 1.29 is 9.53 Å². The zero-order chi connectivity index (χ0) is 16.9. The largest absolute Gasteiger partial charge is 0.378 e. The molecule has 0 atom stereocenters. The Bertz CT molecular complexity index is 711. The lowest BCUT2D eigenvalue weighted by atomic mass is 10.2. The average molecular weight is 325 g/mol. The van der Waals surface area contributed by atoms with E-state index in [0.717, 1.165) is 17.9 Å². The molecule has 0 bridgehead atoms. The number of ether oxygens (including phenoxy) is 1. The maximum Gasteiger partial charge on any atom is 0.272 e. The molecular weight excluding hydrogens is 302 g/mol. The van der Waals surface area contributed by atoms with Gasteiger partial charge < -0.3 is 14.5 Å². The first-order chi connectivity index (χ1) is 11.7. The predicted molar refractivity (Wildman–Crippen MR) is 94.8 cm³/mol. The molecule has 1 aliphatic rings. The fourth-order valence-corrected chi connectivity index (χ4v) is 2.94. The van der Waals surface area contributed by atoms with Gasteiger partial charge in [-0.25, -0.2) is 0 Å². The third kappa shape index (κ3) is 3.57. The molecule has 24 heavy (non-hydrogen) atoms. The summed E-state index contributed by atoms with van der Waals surface area (Å²) in [5.41, 5.74) is 3.80. The van der Waals surface area contributed by atoms with Crippen LogP contribution in [0.5, 0.6) is 0 Å². The molecule has 1 amide bonds. The van der Waals surface area contributed by atoms with Crippen LogP contribution in [0.15, 0.2) is 42.6 Å².